The highest BCUT2D eigenvalue weighted by atomic mass is 16.1. The number of hydrogen-bond donors (Lipinski definition) is 0. The van der Waals surface area contributed by atoms with Gasteiger partial charge in [0.15, 0.2) is 0 Å². The average molecular weight is 230 g/mol. The molecule has 1 aromatic rings. The summed E-state index contributed by atoms with van der Waals surface area (Å²) in [6.45, 7) is 4.04. The fourth-order valence-electron chi connectivity index (χ4n) is 2.91. The van der Waals surface area contributed by atoms with E-state index in [-0.39, 0.29) is 5.92 Å². The van der Waals surface area contributed by atoms with Gasteiger partial charge in [0.2, 0.25) is 0 Å². The topological polar surface area (TPSA) is 17.1 Å². The lowest BCUT2D eigenvalue weighted by molar-refractivity contribution is -0.126. The van der Waals surface area contributed by atoms with Crippen molar-refractivity contribution < 1.29 is 4.79 Å². The quantitative estimate of drug-likeness (QED) is 0.761. The molecule has 1 aromatic carbocycles. The van der Waals surface area contributed by atoms with Gasteiger partial charge in [-0.05, 0) is 37.2 Å². The first-order chi connectivity index (χ1) is 8.18. The fourth-order valence-corrected chi connectivity index (χ4v) is 2.91. The van der Waals surface area contributed by atoms with Crippen LogP contribution in [0.25, 0.3) is 0 Å². The minimum atomic E-state index is 0.202. The van der Waals surface area contributed by atoms with Crippen LogP contribution >= 0.6 is 0 Å². The van der Waals surface area contributed by atoms with Crippen molar-refractivity contribution >= 4 is 5.78 Å². The van der Waals surface area contributed by atoms with E-state index in [2.05, 4.69) is 30.3 Å². The summed E-state index contributed by atoms with van der Waals surface area (Å²) in [5.74, 6) is 1.67. The maximum absolute atomic E-state index is 11.9. The largest absolute Gasteiger partial charge is 0.299 e. The SMILES string of the molecule is CC(C)C(=O)C1CCC(c2ccccc2)CC1. The Morgan fingerprint density at radius 2 is 1.65 bits per heavy atom. The molecule has 1 saturated carbocycles. The number of Topliss-reactive ketones (excluding diaryl/α,β-unsaturated/α-hetero) is 1. The van der Waals surface area contributed by atoms with Crippen molar-refractivity contribution in [1.82, 2.24) is 0 Å². The van der Waals surface area contributed by atoms with Crippen LogP contribution in [-0.2, 0) is 4.79 Å². The van der Waals surface area contributed by atoms with Gasteiger partial charge in [0, 0.05) is 11.8 Å². The molecule has 0 heterocycles. The molecular formula is C16H22O. The molecule has 17 heavy (non-hydrogen) atoms. The standard InChI is InChI=1S/C16H22O/c1-12(2)16(17)15-10-8-14(9-11-15)13-6-4-3-5-7-13/h3-7,12,14-15H,8-11H2,1-2H3. The van der Waals surface area contributed by atoms with Crippen LogP contribution in [0.15, 0.2) is 30.3 Å². The van der Waals surface area contributed by atoms with E-state index in [9.17, 15) is 4.79 Å². The predicted molar refractivity (Wildman–Crippen MR) is 71.0 cm³/mol. The normalized spacial score (nSPS) is 24.9. The van der Waals surface area contributed by atoms with Crippen LogP contribution in [0.5, 0.6) is 0 Å². The molecule has 1 aliphatic carbocycles. The van der Waals surface area contributed by atoms with Crippen molar-refractivity contribution in [2.45, 2.75) is 45.4 Å². The monoisotopic (exact) mass is 230 g/mol. The van der Waals surface area contributed by atoms with E-state index in [0.717, 1.165) is 12.8 Å². The highest BCUT2D eigenvalue weighted by Crippen LogP contribution is 2.36. The summed E-state index contributed by atoms with van der Waals surface area (Å²) in [7, 11) is 0. The second-order valence-corrected chi connectivity index (χ2v) is 5.52. The molecule has 0 atom stereocenters. The van der Waals surface area contributed by atoms with Crippen molar-refractivity contribution in [3.8, 4) is 0 Å². The Morgan fingerprint density at radius 3 is 2.18 bits per heavy atom. The number of hydrogen-bond acceptors (Lipinski definition) is 1. The second-order valence-electron chi connectivity index (χ2n) is 5.52. The van der Waals surface area contributed by atoms with E-state index in [4.69, 9.17) is 0 Å². The lowest BCUT2D eigenvalue weighted by Gasteiger charge is -2.28. The third-order valence-electron chi connectivity index (χ3n) is 3.97. The first kappa shape index (κ1) is 12.3. The molecule has 0 amide bonds. The lowest BCUT2D eigenvalue weighted by Crippen LogP contribution is -2.24. The molecule has 0 radical (unpaired) electrons. The zero-order valence-electron chi connectivity index (χ0n) is 10.9. The number of carbonyl (C=O) groups excluding carboxylic acids is 1. The lowest BCUT2D eigenvalue weighted by atomic mass is 9.75. The maximum Gasteiger partial charge on any atom is 0.138 e. The van der Waals surface area contributed by atoms with Crippen molar-refractivity contribution in [3.63, 3.8) is 0 Å². The Balaban J connectivity index is 1.93. The molecule has 0 aliphatic heterocycles. The Bertz CT molecular complexity index is 358. The first-order valence-corrected chi connectivity index (χ1v) is 6.77. The summed E-state index contributed by atoms with van der Waals surface area (Å²) in [6, 6.07) is 10.7. The maximum atomic E-state index is 11.9. The van der Waals surface area contributed by atoms with Crippen LogP contribution in [-0.4, -0.2) is 5.78 Å². The van der Waals surface area contributed by atoms with Gasteiger partial charge in [0.1, 0.15) is 5.78 Å². The molecule has 92 valence electrons. The zero-order valence-corrected chi connectivity index (χ0v) is 10.9. The molecular weight excluding hydrogens is 208 g/mol. The van der Waals surface area contributed by atoms with E-state index in [1.165, 1.54) is 18.4 Å². The summed E-state index contributed by atoms with van der Waals surface area (Å²) in [5.41, 5.74) is 1.45. The van der Waals surface area contributed by atoms with E-state index >= 15 is 0 Å². The molecule has 0 N–H and O–H groups in total. The van der Waals surface area contributed by atoms with Crippen LogP contribution in [0.1, 0.15) is 51.0 Å². The number of benzene rings is 1. The second kappa shape index (κ2) is 5.48. The van der Waals surface area contributed by atoms with Crippen LogP contribution in [0.3, 0.4) is 0 Å². The number of rotatable bonds is 3. The molecule has 0 saturated heterocycles. The van der Waals surface area contributed by atoms with Crippen LogP contribution in [0.2, 0.25) is 0 Å². The molecule has 1 heteroatoms. The Hall–Kier alpha value is -1.11. The van der Waals surface area contributed by atoms with Gasteiger partial charge in [-0.1, -0.05) is 44.2 Å². The van der Waals surface area contributed by atoms with E-state index < -0.39 is 0 Å². The molecule has 0 unspecified atom stereocenters. The average Bonchev–Trinajstić information content (AvgIpc) is 2.39. The summed E-state index contributed by atoms with van der Waals surface area (Å²) >= 11 is 0. The number of ketones is 1. The predicted octanol–water partition coefficient (Wildman–Crippen LogP) is 4.19. The van der Waals surface area contributed by atoms with E-state index in [1.54, 1.807) is 0 Å². The van der Waals surface area contributed by atoms with Gasteiger partial charge in [0.25, 0.3) is 0 Å². The van der Waals surface area contributed by atoms with Gasteiger partial charge in [-0.2, -0.15) is 0 Å². The van der Waals surface area contributed by atoms with E-state index in [1.807, 2.05) is 13.8 Å². The molecule has 1 fully saturated rings. The Kier molecular flexibility index (Phi) is 3.98. The van der Waals surface area contributed by atoms with Crippen molar-refractivity contribution in [2.24, 2.45) is 11.8 Å². The van der Waals surface area contributed by atoms with Gasteiger partial charge < -0.3 is 0 Å². The number of carbonyl (C=O) groups is 1. The van der Waals surface area contributed by atoms with Gasteiger partial charge >= 0.3 is 0 Å². The molecule has 0 bridgehead atoms. The van der Waals surface area contributed by atoms with Crippen molar-refractivity contribution in [3.05, 3.63) is 35.9 Å². The molecule has 2 rings (SSSR count). The van der Waals surface area contributed by atoms with Crippen molar-refractivity contribution in [2.75, 3.05) is 0 Å². The van der Waals surface area contributed by atoms with Crippen LogP contribution in [0, 0.1) is 11.8 Å². The minimum Gasteiger partial charge on any atom is -0.299 e. The van der Waals surface area contributed by atoms with Gasteiger partial charge in [-0.3, -0.25) is 4.79 Å². The molecule has 0 spiro atoms. The van der Waals surface area contributed by atoms with Crippen molar-refractivity contribution in [1.29, 1.82) is 0 Å². The third kappa shape index (κ3) is 2.96. The molecule has 1 nitrogen and oxygen atoms in total. The third-order valence-corrected chi connectivity index (χ3v) is 3.97. The molecule has 0 aromatic heterocycles. The summed E-state index contributed by atoms with van der Waals surface area (Å²) < 4.78 is 0. The molecule has 1 aliphatic rings. The minimum absolute atomic E-state index is 0.202. The Labute approximate surface area is 104 Å². The van der Waals surface area contributed by atoms with Gasteiger partial charge in [-0.25, -0.2) is 0 Å². The highest BCUT2D eigenvalue weighted by Gasteiger charge is 2.27. The van der Waals surface area contributed by atoms with Crippen LogP contribution < -0.4 is 0 Å². The smallest absolute Gasteiger partial charge is 0.138 e. The summed E-state index contributed by atoms with van der Waals surface area (Å²) in [4.78, 5) is 11.9. The zero-order chi connectivity index (χ0) is 12.3. The Morgan fingerprint density at radius 1 is 1.06 bits per heavy atom. The van der Waals surface area contributed by atoms with E-state index in [0.29, 0.717) is 17.6 Å². The van der Waals surface area contributed by atoms with Gasteiger partial charge in [-0.15, -0.1) is 0 Å². The first-order valence-electron chi connectivity index (χ1n) is 6.77. The fraction of sp³-hybridized carbons (Fsp3) is 0.562. The summed E-state index contributed by atoms with van der Waals surface area (Å²) in [6.07, 6.45) is 4.51. The van der Waals surface area contributed by atoms with Gasteiger partial charge in [0.05, 0.1) is 0 Å². The summed E-state index contributed by atoms with van der Waals surface area (Å²) in [5, 5.41) is 0. The highest BCUT2D eigenvalue weighted by molar-refractivity contribution is 5.82. The van der Waals surface area contributed by atoms with Crippen LogP contribution in [0.4, 0.5) is 0 Å².